The van der Waals surface area contributed by atoms with Crippen LogP contribution in [0.2, 0.25) is 0 Å². The Kier molecular flexibility index (Phi) is 9.52. The van der Waals surface area contributed by atoms with Gasteiger partial charge in [0.1, 0.15) is 17.2 Å². The number of methoxy groups -OCH3 is 2. The van der Waals surface area contributed by atoms with Gasteiger partial charge in [-0.05, 0) is 80.3 Å². The zero-order chi connectivity index (χ0) is 30.4. The molecule has 0 saturated heterocycles. The number of nitrogens with zero attached hydrogens (tertiary/aromatic N) is 1. The number of amides is 1. The Morgan fingerprint density at radius 3 is 2.26 bits per heavy atom. The van der Waals surface area contributed by atoms with Crippen LogP contribution >= 0.6 is 0 Å². The van der Waals surface area contributed by atoms with E-state index in [1.807, 2.05) is 69.3 Å². The second kappa shape index (κ2) is 13.1. The summed E-state index contributed by atoms with van der Waals surface area (Å²) in [6.07, 6.45) is 0.175. The molecule has 4 aromatic rings. The molecule has 8 nitrogen and oxygen atoms in total. The normalized spacial score (nSPS) is 11.4. The molecule has 4 rings (SSSR count). The number of esters is 1. The first-order valence-electron chi connectivity index (χ1n) is 13.8. The second-order valence-electron chi connectivity index (χ2n) is 11.2. The molecule has 0 bridgehead atoms. The SMILES string of the molecule is COC(=O)c1cc(F)cc2[nH]c(-c3ccc(CN(C)C(=O)OC(C)(C)C)cc3)c(CCNCc3ccc(OC)cc3)c12. The number of H-pyrrole nitrogens is 1. The number of ether oxygens (including phenoxy) is 3. The number of halogens is 1. The van der Waals surface area contributed by atoms with Gasteiger partial charge in [0.25, 0.3) is 0 Å². The lowest BCUT2D eigenvalue weighted by molar-refractivity contribution is 0.0285. The molecule has 0 aliphatic rings. The summed E-state index contributed by atoms with van der Waals surface area (Å²) in [6, 6.07) is 18.2. The lowest BCUT2D eigenvalue weighted by Crippen LogP contribution is -2.33. The average Bonchev–Trinajstić information content (AvgIpc) is 3.32. The molecular formula is C33H38FN3O5. The Bertz CT molecular complexity index is 1540. The number of nitrogens with one attached hydrogen (secondary N) is 2. The summed E-state index contributed by atoms with van der Waals surface area (Å²) >= 11 is 0. The van der Waals surface area contributed by atoms with Gasteiger partial charge in [-0.3, -0.25) is 0 Å². The molecule has 0 fully saturated rings. The van der Waals surface area contributed by atoms with Crippen molar-refractivity contribution < 1.29 is 28.2 Å². The van der Waals surface area contributed by atoms with Crippen molar-refractivity contribution in [1.82, 2.24) is 15.2 Å². The molecule has 0 unspecified atom stereocenters. The lowest BCUT2D eigenvalue weighted by atomic mass is 9.98. The Morgan fingerprint density at radius 1 is 0.976 bits per heavy atom. The van der Waals surface area contributed by atoms with Gasteiger partial charge in [0.05, 0.1) is 19.8 Å². The minimum absolute atomic E-state index is 0.177. The average molecular weight is 576 g/mol. The van der Waals surface area contributed by atoms with Gasteiger partial charge in [-0.1, -0.05) is 36.4 Å². The van der Waals surface area contributed by atoms with Gasteiger partial charge in [0.15, 0.2) is 0 Å². The van der Waals surface area contributed by atoms with E-state index in [0.717, 1.165) is 33.7 Å². The van der Waals surface area contributed by atoms with Crippen LogP contribution in [0.5, 0.6) is 5.75 Å². The van der Waals surface area contributed by atoms with Crippen molar-refractivity contribution in [3.05, 3.63) is 88.7 Å². The molecule has 0 radical (unpaired) electrons. The summed E-state index contributed by atoms with van der Waals surface area (Å²) < 4.78 is 30.2. The second-order valence-corrected chi connectivity index (χ2v) is 11.2. The molecule has 0 atom stereocenters. The summed E-state index contributed by atoms with van der Waals surface area (Å²) in [4.78, 5) is 29.9. The molecular weight excluding hydrogens is 537 g/mol. The third-order valence-corrected chi connectivity index (χ3v) is 6.78. The van der Waals surface area contributed by atoms with E-state index in [-0.39, 0.29) is 5.56 Å². The summed E-state index contributed by atoms with van der Waals surface area (Å²) in [5, 5.41) is 4.10. The number of carbonyl (C=O) groups is 2. The van der Waals surface area contributed by atoms with Crippen LogP contribution in [0.15, 0.2) is 60.7 Å². The minimum atomic E-state index is -0.599. The third-order valence-electron chi connectivity index (χ3n) is 6.78. The fourth-order valence-corrected chi connectivity index (χ4v) is 4.78. The highest BCUT2D eigenvalue weighted by atomic mass is 19.1. The van der Waals surface area contributed by atoms with Crippen molar-refractivity contribution in [3.8, 4) is 17.0 Å². The molecule has 1 amide bonds. The Hall–Kier alpha value is -4.37. The number of rotatable bonds is 10. The Morgan fingerprint density at radius 2 is 1.64 bits per heavy atom. The first-order valence-corrected chi connectivity index (χ1v) is 13.8. The van der Waals surface area contributed by atoms with Crippen molar-refractivity contribution in [3.63, 3.8) is 0 Å². The van der Waals surface area contributed by atoms with Crippen LogP contribution < -0.4 is 10.1 Å². The van der Waals surface area contributed by atoms with Gasteiger partial charge in [-0.25, -0.2) is 14.0 Å². The minimum Gasteiger partial charge on any atom is -0.497 e. The van der Waals surface area contributed by atoms with Gasteiger partial charge in [-0.2, -0.15) is 0 Å². The number of aromatic nitrogens is 1. The van der Waals surface area contributed by atoms with E-state index in [1.165, 1.54) is 24.1 Å². The van der Waals surface area contributed by atoms with Crippen LogP contribution in [0, 0.1) is 5.82 Å². The van der Waals surface area contributed by atoms with Crippen LogP contribution in [0.4, 0.5) is 9.18 Å². The van der Waals surface area contributed by atoms with Crippen molar-refractivity contribution in [1.29, 1.82) is 0 Å². The molecule has 1 heterocycles. The molecule has 42 heavy (non-hydrogen) atoms. The quantitative estimate of drug-likeness (QED) is 0.166. The van der Waals surface area contributed by atoms with Crippen molar-refractivity contribution in [2.75, 3.05) is 27.8 Å². The number of fused-ring (bicyclic) bond motifs is 1. The van der Waals surface area contributed by atoms with E-state index in [1.54, 1.807) is 14.2 Å². The fraction of sp³-hybridized carbons (Fsp3) is 0.333. The van der Waals surface area contributed by atoms with Crippen LogP contribution in [0.3, 0.4) is 0 Å². The highest BCUT2D eigenvalue weighted by Crippen LogP contribution is 2.34. The first kappa shape index (κ1) is 30.6. The summed E-state index contributed by atoms with van der Waals surface area (Å²) in [5.74, 6) is -0.328. The van der Waals surface area contributed by atoms with Crippen molar-refractivity contribution in [2.45, 2.75) is 45.9 Å². The molecule has 222 valence electrons. The summed E-state index contributed by atoms with van der Waals surface area (Å²) in [5.41, 5.74) is 4.70. The van der Waals surface area contributed by atoms with E-state index in [0.29, 0.717) is 37.0 Å². The Balaban J connectivity index is 1.60. The topological polar surface area (TPSA) is 92.9 Å². The van der Waals surface area contributed by atoms with Gasteiger partial charge >= 0.3 is 12.1 Å². The molecule has 3 aromatic carbocycles. The largest absolute Gasteiger partial charge is 0.497 e. The van der Waals surface area contributed by atoms with Crippen LogP contribution in [0.25, 0.3) is 22.2 Å². The number of carbonyl (C=O) groups excluding carboxylic acids is 2. The van der Waals surface area contributed by atoms with E-state index in [2.05, 4.69) is 10.3 Å². The van der Waals surface area contributed by atoms with Crippen molar-refractivity contribution >= 4 is 23.0 Å². The number of hydrogen-bond donors (Lipinski definition) is 2. The highest BCUT2D eigenvalue weighted by molar-refractivity contribution is 6.07. The molecule has 2 N–H and O–H groups in total. The van der Waals surface area contributed by atoms with E-state index < -0.39 is 23.5 Å². The third kappa shape index (κ3) is 7.47. The zero-order valence-corrected chi connectivity index (χ0v) is 25.0. The monoisotopic (exact) mass is 575 g/mol. The molecule has 0 saturated carbocycles. The molecule has 0 aliphatic carbocycles. The maximum Gasteiger partial charge on any atom is 0.410 e. The summed E-state index contributed by atoms with van der Waals surface area (Å²) in [6.45, 7) is 7.14. The van der Waals surface area contributed by atoms with E-state index in [4.69, 9.17) is 14.2 Å². The predicted octanol–water partition coefficient (Wildman–Crippen LogP) is 6.47. The maximum atomic E-state index is 14.5. The molecule has 0 aliphatic heterocycles. The Labute approximate surface area is 245 Å². The number of aromatic amines is 1. The first-order chi connectivity index (χ1) is 20.0. The maximum absolute atomic E-state index is 14.5. The fourth-order valence-electron chi connectivity index (χ4n) is 4.78. The highest BCUT2D eigenvalue weighted by Gasteiger charge is 2.22. The van der Waals surface area contributed by atoms with Gasteiger partial charge in [0, 0.05) is 36.7 Å². The molecule has 9 heteroatoms. The van der Waals surface area contributed by atoms with E-state index >= 15 is 0 Å². The van der Waals surface area contributed by atoms with Gasteiger partial charge < -0.3 is 29.4 Å². The molecule has 0 spiro atoms. The van der Waals surface area contributed by atoms with E-state index in [9.17, 15) is 14.0 Å². The van der Waals surface area contributed by atoms with Crippen LogP contribution in [-0.2, 0) is 29.0 Å². The van der Waals surface area contributed by atoms with Crippen LogP contribution in [-0.4, -0.2) is 55.4 Å². The number of hydrogen-bond acceptors (Lipinski definition) is 6. The van der Waals surface area contributed by atoms with Gasteiger partial charge in [-0.15, -0.1) is 0 Å². The zero-order valence-electron chi connectivity index (χ0n) is 25.0. The standard InChI is InChI=1S/C33H38FN3O5/c1-33(2,3)42-32(39)37(4)20-22-7-11-23(12-8-22)30-26(15-16-35-19-21-9-13-25(40-5)14-10-21)29-27(31(38)41-6)17-24(34)18-28(29)36-30/h7-14,17-18,35-36H,15-16,19-20H2,1-6H3. The smallest absolute Gasteiger partial charge is 0.410 e. The lowest BCUT2D eigenvalue weighted by Gasteiger charge is -2.24. The molecule has 1 aromatic heterocycles. The van der Waals surface area contributed by atoms with Crippen molar-refractivity contribution in [2.24, 2.45) is 0 Å². The predicted molar refractivity (Wildman–Crippen MR) is 161 cm³/mol. The van der Waals surface area contributed by atoms with Gasteiger partial charge in [0.2, 0.25) is 0 Å². The number of benzene rings is 3. The van der Waals surface area contributed by atoms with Crippen LogP contribution in [0.1, 0.15) is 47.8 Å². The summed E-state index contributed by atoms with van der Waals surface area (Å²) in [7, 11) is 4.62.